The predicted octanol–water partition coefficient (Wildman–Crippen LogP) is 6.33. The Balaban J connectivity index is 1.51. The minimum atomic E-state index is -0.116. The van der Waals surface area contributed by atoms with E-state index in [1.54, 1.807) is 0 Å². The van der Waals surface area contributed by atoms with E-state index in [4.69, 9.17) is 21.1 Å². The Kier molecular flexibility index (Phi) is 6.99. The summed E-state index contributed by atoms with van der Waals surface area (Å²) in [5.41, 5.74) is 7.47. The van der Waals surface area contributed by atoms with Crippen molar-refractivity contribution in [2.75, 3.05) is 5.32 Å². The Morgan fingerprint density at radius 3 is 2.55 bits per heavy atom. The lowest BCUT2D eigenvalue weighted by atomic mass is 10.0. The first-order valence-electron chi connectivity index (χ1n) is 12.5. The van der Waals surface area contributed by atoms with Gasteiger partial charge in [-0.05, 0) is 75.1 Å². The lowest BCUT2D eigenvalue weighted by molar-refractivity contribution is 0.0973. The van der Waals surface area contributed by atoms with Gasteiger partial charge in [0.2, 0.25) is 0 Å². The van der Waals surface area contributed by atoms with Gasteiger partial charge < -0.3 is 9.84 Å². The minimum Gasteiger partial charge on any atom is -0.365 e. The first-order valence-corrected chi connectivity index (χ1v) is 12.8. The molecule has 194 valence electrons. The number of nitrogens with zero attached hydrogens (tertiary/aromatic N) is 5. The van der Waals surface area contributed by atoms with Crippen molar-refractivity contribution in [1.29, 1.82) is 0 Å². The summed E-state index contributed by atoms with van der Waals surface area (Å²) in [6, 6.07) is 13.5. The molecule has 1 N–H and O–H groups in total. The molecule has 3 aromatic heterocycles. The molecule has 2 aromatic carbocycles. The van der Waals surface area contributed by atoms with Crippen molar-refractivity contribution in [1.82, 2.24) is 24.9 Å². The van der Waals surface area contributed by atoms with Crippen LogP contribution in [0.15, 0.2) is 47.0 Å². The Hall–Kier alpha value is -4.04. The standard InChI is InChI=1S/C29H29ClN6O2/c1-16-23(18(3)36(5)34-16)10-12-26(37)29-32-25-11-9-21(27-17(2)35-38-19(27)4)14-24(25)28(33-29)31-15-20-7-6-8-22(30)13-20/h6-9,11,13-14H,10,12,15H2,1-5H3,(H,31,32,33). The van der Waals surface area contributed by atoms with Gasteiger partial charge in [-0.25, -0.2) is 9.97 Å². The second kappa shape index (κ2) is 10.4. The van der Waals surface area contributed by atoms with E-state index in [1.165, 1.54) is 0 Å². The average molecular weight is 529 g/mol. The maximum Gasteiger partial charge on any atom is 0.200 e. The van der Waals surface area contributed by atoms with Crippen molar-refractivity contribution in [3.05, 3.63) is 87.3 Å². The number of benzene rings is 2. The maximum absolute atomic E-state index is 13.3. The third-order valence-corrected chi connectivity index (χ3v) is 7.11. The van der Waals surface area contributed by atoms with Crippen molar-refractivity contribution in [2.45, 2.75) is 47.1 Å². The van der Waals surface area contributed by atoms with Crippen molar-refractivity contribution >= 4 is 34.1 Å². The van der Waals surface area contributed by atoms with E-state index in [0.29, 0.717) is 35.7 Å². The quantitative estimate of drug-likeness (QED) is 0.235. The van der Waals surface area contributed by atoms with Gasteiger partial charge >= 0.3 is 0 Å². The summed E-state index contributed by atoms with van der Waals surface area (Å²) in [6.07, 6.45) is 0.881. The van der Waals surface area contributed by atoms with E-state index in [9.17, 15) is 4.79 Å². The molecule has 0 radical (unpaired) electrons. The predicted molar refractivity (Wildman–Crippen MR) is 149 cm³/mol. The molecule has 0 amide bonds. The van der Waals surface area contributed by atoms with Crippen molar-refractivity contribution < 1.29 is 9.32 Å². The Morgan fingerprint density at radius 2 is 1.87 bits per heavy atom. The second-order valence-electron chi connectivity index (χ2n) is 9.51. The van der Waals surface area contributed by atoms with Gasteiger partial charge in [0.05, 0.1) is 16.9 Å². The Labute approximate surface area is 226 Å². The van der Waals surface area contributed by atoms with E-state index >= 15 is 0 Å². The van der Waals surface area contributed by atoms with E-state index in [0.717, 1.165) is 50.5 Å². The zero-order valence-electron chi connectivity index (χ0n) is 22.1. The van der Waals surface area contributed by atoms with Crippen molar-refractivity contribution in [2.24, 2.45) is 7.05 Å². The number of hydrogen-bond donors (Lipinski definition) is 1. The van der Waals surface area contributed by atoms with Gasteiger partial charge in [0.15, 0.2) is 11.6 Å². The lowest BCUT2D eigenvalue weighted by Gasteiger charge is -2.12. The highest BCUT2D eigenvalue weighted by molar-refractivity contribution is 6.30. The molecule has 0 aliphatic rings. The number of aromatic nitrogens is 5. The number of halogens is 1. The largest absolute Gasteiger partial charge is 0.365 e. The highest BCUT2D eigenvalue weighted by atomic mass is 35.5. The van der Waals surface area contributed by atoms with Crippen LogP contribution in [-0.2, 0) is 20.0 Å². The Morgan fingerprint density at radius 1 is 1.05 bits per heavy atom. The molecule has 0 aliphatic heterocycles. The molecule has 5 aromatic rings. The number of Topliss-reactive ketones (excluding diaryl/α,β-unsaturated/α-hetero) is 1. The first kappa shape index (κ1) is 25.6. The molecule has 0 spiro atoms. The summed E-state index contributed by atoms with van der Waals surface area (Å²) in [5, 5.41) is 13.4. The van der Waals surface area contributed by atoms with Crippen LogP contribution in [0.25, 0.3) is 22.0 Å². The summed E-state index contributed by atoms with van der Waals surface area (Å²) in [7, 11) is 1.91. The maximum atomic E-state index is 13.3. The zero-order chi connectivity index (χ0) is 27.0. The smallest absolute Gasteiger partial charge is 0.200 e. The van der Waals surface area contributed by atoms with Crippen LogP contribution in [-0.4, -0.2) is 30.7 Å². The topological polar surface area (TPSA) is 98.7 Å². The fourth-order valence-electron chi connectivity index (χ4n) is 4.80. The molecule has 0 aliphatic carbocycles. The highest BCUT2D eigenvalue weighted by Gasteiger charge is 2.19. The summed E-state index contributed by atoms with van der Waals surface area (Å²) in [4.78, 5) is 22.6. The number of hydrogen-bond acceptors (Lipinski definition) is 7. The molecule has 5 rings (SSSR count). The summed E-state index contributed by atoms with van der Waals surface area (Å²) in [6.45, 7) is 8.28. The lowest BCUT2D eigenvalue weighted by Crippen LogP contribution is -2.11. The molecule has 0 saturated heterocycles. The van der Waals surface area contributed by atoms with Gasteiger partial charge in [0, 0.05) is 41.7 Å². The van der Waals surface area contributed by atoms with Gasteiger partial charge in [0.1, 0.15) is 11.6 Å². The molecule has 0 saturated carbocycles. The number of carbonyl (C=O) groups is 1. The van der Waals surface area contributed by atoms with Crippen LogP contribution in [0.4, 0.5) is 5.82 Å². The molecule has 0 fully saturated rings. The number of rotatable bonds is 8. The molecule has 0 atom stereocenters. The van der Waals surface area contributed by atoms with Gasteiger partial charge in [0.25, 0.3) is 0 Å². The van der Waals surface area contributed by atoms with Crippen molar-refractivity contribution in [3.8, 4) is 11.1 Å². The van der Waals surface area contributed by atoms with Crippen LogP contribution in [0.1, 0.15) is 51.0 Å². The molecular formula is C29H29ClN6O2. The summed E-state index contributed by atoms with van der Waals surface area (Å²) < 4.78 is 7.22. The van der Waals surface area contributed by atoms with Crippen LogP contribution in [0, 0.1) is 27.7 Å². The Bertz CT molecular complexity index is 1650. The third-order valence-electron chi connectivity index (χ3n) is 6.88. The summed E-state index contributed by atoms with van der Waals surface area (Å²) in [5.74, 6) is 1.40. The van der Waals surface area contributed by atoms with Crippen LogP contribution in [0.5, 0.6) is 0 Å². The number of anilines is 1. The van der Waals surface area contributed by atoms with Gasteiger partial charge in [-0.15, -0.1) is 0 Å². The van der Waals surface area contributed by atoms with Crippen LogP contribution in [0.3, 0.4) is 0 Å². The first-order chi connectivity index (χ1) is 18.2. The second-order valence-corrected chi connectivity index (χ2v) is 9.94. The highest BCUT2D eigenvalue weighted by Crippen LogP contribution is 2.32. The van der Waals surface area contributed by atoms with Crippen molar-refractivity contribution in [3.63, 3.8) is 0 Å². The van der Waals surface area contributed by atoms with Gasteiger partial charge in [-0.2, -0.15) is 5.10 Å². The van der Waals surface area contributed by atoms with E-state index in [1.807, 2.05) is 81.9 Å². The molecular weight excluding hydrogens is 500 g/mol. The number of carbonyl (C=O) groups excluding carboxylic acids is 1. The SMILES string of the molecule is Cc1nn(C)c(C)c1CCC(=O)c1nc(NCc2cccc(Cl)c2)c2cc(-c3c(C)noc3C)ccc2n1. The summed E-state index contributed by atoms with van der Waals surface area (Å²) >= 11 is 6.19. The van der Waals surface area contributed by atoms with Crippen LogP contribution >= 0.6 is 11.6 Å². The monoisotopic (exact) mass is 528 g/mol. The fourth-order valence-corrected chi connectivity index (χ4v) is 5.01. The van der Waals surface area contributed by atoms with E-state index in [2.05, 4.69) is 20.6 Å². The third kappa shape index (κ3) is 5.04. The number of aryl methyl sites for hydroxylation is 4. The van der Waals surface area contributed by atoms with Gasteiger partial charge in [-0.3, -0.25) is 9.48 Å². The van der Waals surface area contributed by atoms with Crippen LogP contribution < -0.4 is 5.32 Å². The molecule has 9 heteroatoms. The molecule has 0 unspecified atom stereocenters. The van der Waals surface area contributed by atoms with E-state index in [-0.39, 0.29) is 11.6 Å². The molecule has 8 nitrogen and oxygen atoms in total. The molecule has 38 heavy (non-hydrogen) atoms. The number of fused-ring (bicyclic) bond motifs is 1. The van der Waals surface area contributed by atoms with Gasteiger partial charge in [-0.1, -0.05) is 35.0 Å². The van der Waals surface area contributed by atoms with Crippen LogP contribution in [0.2, 0.25) is 5.02 Å². The average Bonchev–Trinajstić information content (AvgIpc) is 3.36. The molecule has 3 heterocycles. The number of ketones is 1. The molecule has 0 bridgehead atoms. The fraction of sp³-hybridized carbons (Fsp3) is 0.276. The normalized spacial score (nSPS) is 11.3. The number of nitrogens with one attached hydrogen (secondary N) is 1. The zero-order valence-corrected chi connectivity index (χ0v) is 22.8. The minimum absolute atomic E-state index is 0.116. The van der Waals surface area contributed by atoms with E-state index < -0.39 is 0 Å².